The fourth-order valence-corrected chi connectivity index (χ4v) is 2.15. The highest BCUT2D eigenvalue weighted by molar-refractivity contribution is 5.78. The van der Waals surface area contributed by atoms with Crippen LogP contribution in [0.25, 0.3) is 0 Å². The zero-order valence-electron chi connectivity index (χ0n) is 13.7. The van der Waals surface area contributed by atoms with Crippen LogP contribution in [-0.4, -0.2) is 87.6 Å². The standard InChI is InChI=1S/C15H32N4O/c1-17(2)9-5-11-19(12-6-10-18(3)4)15(20)13-16-14-7-8-14/h14,16H,5-13H2,1-4H3. The lowest BCUT2D eigenvalue weighted by Crippen LogP contribution is -2.41. The van der Waals surface area contributed by atoms with Gasteiger partial charge in [0.25, 0.3) is 0 Å². The van der Waals surface area contributed by atoms with E-state index in [4.69, 9.17) is 0 Å². The normalized spacial score (nSPS) is 15.1. The molecule has 0 aromatic carbocycles. The van der Waals surface area contributed by atoms with Gasteiger partial charge in [-0.1, -0.05) is 0 Å². The van der Waals surface area contributed by atoms with E-state index in [0.29, 0.717) is 12.6 Å². The Labute approximate surface area is 124 Å². The van der Waals surface area contributed by atoms with Gasteiger partial charge in [-0.05, 0) is 67.0 Å². The Hall–Kier alpha value is -0.650. The minimum Gasteiger partial charge on any atom is -0.341 e. The minimum atomic E-state index is 0.259. The number of carbonyl (C=O) groups excluding carboxylic acids is 1. The van der Waals surface area contributed by atoms with Gasteiger partial charge in [0.05, 0.1) is 6.54 Å². The molecule has 0 saturated heterocycles. The van der Waals surface area contributed by atoms with Crippen LogP contribution in [0.5, 0.6) is 0 Å². The molecule has 1 amide bonds. The third kappa shape index (κ3) is 8.51. The Morgan fingerprint density at radius 3 is 1.85 bits per heavy atom. The molecule has 118 valence electrons. The van der Waals surface area contributed by atoms with Crippen LogP contribution in [0.2, 0.25) is 0 Å². The van der Waals surface area contributed by atoms with E-state index in [-0.39, 0.29) is 5.91 Å². The van der Waals surface area contributed by atoms with Gasteiger partial charge in [0.15, 0.2) is 0 Å². The lowest BCUT2D eigenvalue weighted by molar-refractivity contribution is -0.130. The van der Waals surface area contributed by atoms with E-state index >= 15 is 0 Å². The molecule has 20 heavy (non-hydrogen) atoms. The number of hydrogen-bond acceptors (Lipinski definition) is 4. The van der Waals surface area contributed by atoms with Crippen LogP contribution >= 0.6 is 0 Å². The van der Waals surface area contributed by atoms with Crippen molar-refractivity contribution in [3.05, 3.63) is 0 Å². The van der Waals surface area contributed by atoms with Gasteiger partial charge < -0.3 is 20.0 Å². The smallest absolute Gasteiger partial charge is 0.236 e. The molecule has 0 atom stereocenters. The first-order valence-electron chi connectivity index (χ1n) is 7.79. The van der Waals surface area contributed by atoms with Gasteiger partial charge in [0, 0.05) is 19.1 Å². The van der Waals surface area contributed by atoms with Crippen LogP contribution in [0.1, 0.15) is 25.7 Å². The van der Waals surface area contributed by atoms with Crippen LogP contribution in [0.4, 0.5) is 0 Å². The van der Waals surface area contributed by atoms with Crippen molar-refractivity contribution in [2.75, 3.05) is 60.9 Å². The summed E-state index contributed by atoms with van der Waals surface area (Å²) in [6, 6.07) is 0.601. The number of carbonyl (C=O) groups is 1. The van der Waals surface area contributed by atoms with Gasteiger partial charge in [-0.15, -0.1) is 0 Å². The SMILES string of the molecule is CN(C)CCCN(CCCN(C)C)C(=O)CNC1CC1. The molecule has 1 fully saturated rings. The Morgan fingerprint density at radius 1 is 0.950 bits per heavy atom. The van der Waals surface area contributed by atoms with Gasteiger partial charge in [0.2, 0.25) is 5.91 Å². The maximum Gasteiger partial charge on any atom is 0.236 e. The number of hydrogen-bond donors (Lipinski definition) is 1. The van der Waals surface area contributed by atoms with Crippen molar-refractivity contribution in [2.24, 2.45) is 0 Å². The molecule has 0 unspecified atom stereocenters. The summed E-state index contributed by atoms with van der Waals surface area (Å²) in [5.74, 6) is 0.259. The molecule has 5 nitrogen and oxygen atoms in total. The Kier molecular flexibility index (Phi) is 8.11. The second kappa shape index (κ2) is 9.32. The molecule has 0 aliphatic heterocycles. The van der Waals surface area contributed by atoms with Crippen molar-refractivity contribution in [3.8, 4) is 0 Å². The zero-order valence-corrected chi connectivity index (χ0v) is 13.7. The van der Waals surface area contributed by atoms with Gasteiger partial charge >= 0.3 is 0 Å². The summed E-state index contributed by atoms with van der Waals surface area (Å²) in [6.45, 7) is 4.32. The topological polar surface area (TPSA) is 38.8 Å². The molecule has 0 aromatic heterocycles. The second-order valence-corrected chi connectivity index (χ2v) is 6.35. The predicted octanol–water partition coefficient (Wildman–Crippen LogP) is 0.470. The Morgan fingerprint density at radius 2 is 1.45 bits per heavy atom. The van der Waals surface area contributed by atoms with Gasteiger partial charge in [-0.2, -0.15) is 0 Å². The molecule has 0 bridgehead atoms. The first-order valence-corrected chi connectivity index (χ1v) is 7.79. The molecule has 0 heterocycles. The molecular weight excluding hydrogens is 252 g/mol. The molecule has 0 aromatic rings. The molecule has 1 aliphatic carbocycles. The van der Waals surface area contributed by atoms with E-state index in [9.17, 15) is 4.79 Å². The van der Waals surface area contributed by atoms with Crippen LogP contribution in [-0.2, 0) is 4.79 Å². The Bertz CT molecular complexity index is 263. The van der Waals surface area contributed by atoms with E-state index in [2.05, 4.69) is 43.3 Å². The fourth-order valence-electron chi connectivity index (χ4n) is 2.15. The van der Waals surface area contributed by atoms with Crippen molar-refractivity contribution < 1.29 is 4.79 Å². The number of amides is 1. The van der Waals surface area contributed by atoms with E-state index in [1.807, 2.05) is 4.90 Å². The van der Waals surface area contributed by atoms with E-state index in [1.54, 1.807) is 0 Å². The molecule has 5 heteroatoms. The highest BCUT2D eigenvalue weighted by atomic mass is 16.2. The van der Waals surface area contributed by atoms with E-state index in [0.717, 1.165) is 39.0 Å². The maximum atomic E-state index is 12.3. The fraction of sp³-hybridized carbons (Fsp3) is 0.933. The van der Waals surface area contributed by atoms with Crippen molar-refractivity contribution in [2.45, 2.75) is 31.7 Å². The van der Waals surface area contributed by atoms with Gasteiger partial charge in [-0.3, -0.25) is 4.79 Å². The molecule has 1 rings (SSSR count). The first-order chi connectivity index (χ1) is 9.49. The van der Waals surface area contributed by atoms with E-state index < -0.39 is 0 Å². The average Bonchev–Trinajstić information content (AvgIpc) is 3.17. The van der Waals surface area contributed by atoms with E-state index in [1.165, 1.54) is 12.8 Å². The lowest BCUT2D eigenvalue weighted by atomic mass is 10.3. The highest BCUT2D eigenvalue weighted by Gasteiger charge is 2.22. The van der Waals surface area contributed by atoms with Gasteiger partial charge in [-0.25, -0.2) is 0 Å². The quantitative estimate of drug-likeness (QED) is 0.599. The summed E-state index contributed by atoms with van der Waals surface area (Å²) in [7, 11) is 8.30. The van der Waals surface area contributed by atoms with Crippen LogP contribution in [0, 0.1) is 0 Å². The Balaban J connectivity index is 2.28. The molecule has 0 spiro atoms. The van der Waals surface area contributed by atoms with Crippen molar-refractivity contribution in [1.29, 1.82) is 0 Å². The summed E-state index contributed by atoms with van der Waals surface area (Å²) in [5.41, 5.74) is 0. The van der Waals surface area contributed by atoms with Crippen LogP contribution in [0.3, 0.4) is 0 Å². The third-order valence-electron chi connectivity index (χ3n) is 3.54. The van der Waals surface area contributed by atoms with Crippen molar-refractivity contribution >= 4 is 5.91 Å². The first kappa shape index (κ1) is 17.4. The lowest BCUT2D eigenvalue weighted by Gasteiger charge is -2.24. The summed E-state index contributed by atoms with van der Waals surface area (Å²) in [6.07, 6.45) is 4.55. The summed E-state index contributed by atoms with van der Waals surface area (Å²) in [5, 5.41) is 3.32. The van der Waals surface area contributed by atoms with Crippen LogP contribution < -0.4 is 5.32 Å². The third-order valence-corrected chi connectivity index (χ3v) is 3.54. The second-order valence-electron chi connectivity index (χ2n) is 6.35. The molecule has 0 radical (unpaired) electrons. The summed E-state index contributed by atoms with van der Waals surface area (Å²) >= 11 is 0. The summed E-state index contributed by atoms with van der Waals surface area (Å²) < 4.78 is 0. The molecule has 1 saturated carbocycles. The summed E-state index contributed by atoms with van der Waals surface area (Å²) in [4.78, 5) is 18.6. The van der Waals surface area contributed by atoms with Crippen LogP contribution in [0.15, 0.2) is 0 Å². The van der Waals surface area contributed by atoms with Crippen molar-refractivity contribution in [1.82, 2.24) is 20.0 Å². The number of nitrogens with one attached hydrogen (secondary N) is 1. The molecule has 1 N–H and O–H groups in total. The number of rotatable bonds is 11. The largest absolute Gasteiger partial charge is 0.341 e. The average molecular weight is 284 g/mol. The number of nitrogens with zero attached hydrogens (tertiary/aromatic N) is 3. The zero-order chi connectivity index (χ0) is 15.0. The highest BCUT2D eigenvalue weighted by Crippen LogP contribution is 2.18. The maximum absolute atomic E-state index is 12.3. The minimum absolute atomic E-state index is 0.259. The molecular formula is C15H32N4O. The molecule has 1 aliphatic rings. The van der Waals surface area contributed by atoms with Crippen molar-refractivity contribution in [3.63, 3.8) is 0 Å². The van der Waals surface area contributed by atoms with Gasteiger partial charge in [0.1, 0.15) is 0 Å². The predicted molar refractivity (Wildman–Crippen MR) is 83.9 cm³/mol. The monoisotopic (exact) mass is 284 g/mol.